The number of carbonyl (C=O) groups excluding carboxylic acids is 1. The van der Waals surface area contributed by atoms with Crippen LogP contribution in [0, 0.1) is 6.92 Å². The van der Waals surface area contributed by atoms with Crippen LogP contribution < -0.4 is 15.8 Å². The molecule has 2 aromatic heterocycles. The first-order valence-corrected chi connectivity index (χ1v) is 10.5. The molecule has 1 atom stereocenters. The van der Waals surface area contributed by atoms with Crippen molar-refractivity contribution >= 4 is 27.6 Å². The summed E-state index contributed by atoms with van der Waals surface area (Å²) >= 11 is 0. The number of amides is 1. The van der Waals surface area contributed by atoms with E-state index in [-0.39, 0.29) is 10.8 Å². The molecule has 12 heteroatoms. The normalized spacial score (nSPS) is 16.2. The van der Waals surface area contributed by atoms with Crippen molar-refractivity contribution in [3.8, 4) is 0 Å². The van der Waals surface area contributed by atoms with Crippen LogP contribution in [0.3, 0.4) is 0 Å². The standard InChI is InChI=1S/C18H20N8O3S/c1-10-14(8-25(3)24-10)16-15(11(2)22-18-20-9-21-26(16)18)17(27)23-12-4-6-13(7-5-12)30(19,28)29/h4-9,16H,1-3H3,(H,23,27)(H2,19,28,29)(H,20,21,22). The zero-order valence-corrected chi connectivity index (χ0v) is 17.3. The monoisotopic (exact) mass is 428 g/mol. The van der Waals surface area contributed by atoms with Gasteiger partial charge in [0, 0.05) is 30.2 Å². The summed E-state index contributed by atoms with van der Waals surface area (Å²) < 4.78 is 26.2. The van der Waals surface area contributed by atoms with Crippen LogP contribution in [-0.2, 0) is 21.9 Å². The average molecular weight is 428 g/mol. The third-order valence-electron chi connectivity index (χ3n) is 4.83. The Hall–Kier alpha value is -3.51. The molecule has 0 radical (unpaired) electrons. The molecule has 30 heavy (non-hydrogen) atoms. The maximum Gasteiger partial charge on any atom is 0.255 e. The van der Waals surface area contributed by atoms with Gasteiger partial charge in [0.15, 0.2) is 0 Å². The number of hydrogen-bond donors (Lipinski definition) is 3. The van der Waals surface area contributed by atoms with Gasteiger partial charge >= 0.3 is 0 Å². The third-order valence-corrected chi connectivity index (χ3v) is 5.75. The number of allylic oxidation sites excluding steroid dienone is 1. The summed E-state index contributed by atoms with van der Waals surface area (Å²) in [7, 11) is -2.00. The van der Waals surface area contributed by atoms with E-state index in [1.165, 1.54) is 30.6 Å². The molecule has 4 rings (SSSR count). The first-order chi connectivity index (χ1) is 14.1. The highest BCUT2D eigenvalue weighted by Gasteiger charge is 2.35. The Bertz CT molecular complexity index is 1270. The highest BCUT2D eigenvalue weighted by atomic mass is 32.2. The molecule has 0 saturated heterocycles. The van der Waals surface area contributed by atoms with Gasteiger partial charge in [0.1, 0.15) is 12.4 Å². The fourth-order valence-corrected chi connectivity index (χ4v) is 4.00. The molecule has 1 unspecified atom stereocenters. The number of hydrogen-bond acceptors (Lipinski definition) is 7. The maximum absolute atomic E-state index is 13.3. The molecule has 4 N–H and O–H groups in total. The molecule has 11 nitrogen and oxygen atoms in total. The molecule has 0 spiro atoms. The van der Waals surface area contributed by atoms with E-state index in [0.717, 1.165) is 11.3 Å². The van der Waals surface area contributed by atoms with E-state index in [2.05, 4.69) is 25.8 Å². The molecule has 1 amide bonds. The molecule has 156 valence electrons. The lowest BCUT2D eigenvalue weighted by Gasteiger charge is -2.28. The minimum Gasteiger partial charge on any atom is -0.328 e. The summed E-state index contributed by atoms with van der Waals surface area (Å²) in [5.41, 5.74) is 3.09. The number of nitrogens with one attached hydrogen (secondary N) is 2. The predicted molar refractivity (Wildman–Crippen MR) is 109 cm³/mol. The topological polar surface area (TPSA) is 150 Å². The number of primary sulfonamides is 1. The Morgan fingerprint density at radius 1 is 1.23 bits per heavy atom. The SMILES string of the molecule is CC1=C(C(=O)Nc2ccc(S(N)(=O)=O)cc2)C(c2cn(C)nc2C)n2ncnc2N1. The summed E-state index contributed by atoms with van der Waals surface area (Å²) in [4.78, 5) is 17.4. The van der Waals surface area contributed by atoms with Crippen molar-refractivity contribution in [3.05, 3.63) is 59.3 Å². The van der Waals surface area contributed by atoms with Crippen molar-refractivity contribution in [1.82, 2.24) is 24.5 Å². The van der Waals surface area contributed by atoms with Gasteiger partial charge in [-0.15, -0.1) is 0 Å². The van der Waals surface area contributed by atoms with Crippen molar-refractivity contribution in [2.45, 2.75) is 24.8 Å². The number of nitrogens with zero attached hydrogens (tertiary/aromatic N) is 5. The molecule has 1 aromatic carbocycles. The third kappa shape index (κ3) is 3.46. The molecular weight excluding hydrogens is 408 g/mol. The first-order valence-electron chi connectivity index (χ1n) is 8.97. The lowest BCUT2D eigenvalue weighted by molar-refractivity contribution is -0.113. The van der Waals surface area contributed by atoms with Gasteiger partial charge in [-0.05, 0) is 38.1 Å². The van der Waals surface area contributed by atoms with Crippen LogP contribution in [0.25, 0.3) is 0 Å². The minimum absolute atomic E-state index is 0.0358. The number of benzene rings is 1. The zero-order chi connectivity index (χ0) is 21.6. The summed E-state index contributed by atoms with van der Waals surface area (Å²) in [6.45, 7) is 3.65. The molecule has 0 aliphatic carbocycles. The predicted octanol–water partition coefficient (Wildman–Crippen LogP) is 0.895. The van der Waals surface area contributed by atoms with E-state index >= 15 is 0 Å². The van der Waals surface area contributed by atoms with Gasteiger partial charge in [0.25, 0.3) is 5.91 Å². The van der Waals surface area contributed by atoms with E-state index in [9.17, 15) is 13.2 Å². The second kappa shape index (κ2) is 7.07. The number of rotatable bonds is 4. The highest BCUT2D eigenvalue weighted by molar-refractivity contribution is 7.89. The molecule has 0 saturated carbocycles. The van der Waals surface area contributed by atoms with E-state index in [1.54, 1.807) is 16.3 Å². The van der Waals surface area contributed by atoms with Gasteiger partial charge in [-0.25, -0.2) is 18.2 Å². The summed E-state index contributed by atoms with van der Waals surface area (Å²) in [6, 6.07) is 5.11. The molecule has 1 aliphatic heterocycles. The van der Waals surface area contributed by atoms with Crippen LogP contribution >= 0.6 is 0 Å². The Morgan fingerprint density at radius 2 is 1.93 bits per heavy atom. The average Bonchev–Trinajstić information content (AvgIpc) is 3.25. The van der Waals surface area contributed by atoms with Crippen molar-refractivity contribution in [2.75, 3.05) is 10.6 Å². The van der Waals surface area contributed by atoms with Gasteiger partial charge in [0.05, 0.1) is 16.2 Å². The number of nitrogens with two attached hydrogens (primary N) is 1. The highest BCUT2D eigenvalue weighted by Crippen LogP contribution is 2.36. The second-order valence-corrected chi connectivity index (χ2v) is 8.52. The molecule has 3 aromatic rings. The quantitative estimate of drug-likeness (QED) is 0.558. The van der Waals surface area contributed by atoms with Gasteiger partial charge in [-0.3, -0.25) is 9.48 Å². The van der Waals surface area contributed by atoms with Crippen molar-refractivity contribution < 1.29 is 13.2 Å². The molecule has 0 bridgehead atoms. The van der Waals surface area contributed by atoms with Crippen molar-refractivity contribution in [1.29, 1.82) is 0 Å². The second-order valence-electron chi connectivity index (χ2n) is 6.96. The molecule has 1 aliphatic rings. The fourth-order valence-electron chi connectivity index (χ4n) is 3.49. The van der Waals surface area contributed by atoms with E-state index < -0.39 is 16.1 Å². The molecule has 0 fully saturated rings. The summed E-state index contributed by atoms with van der Waals surface area (Å²) in [6.07, 6.45) is 3.26. The Kier molecular flexibility index (Phi) is 4.67. The van der Waals surface area contributed by atoms with Gasteiger partial charge < -0.3 is 10.6 Å². The Labute approximate surface area is 172 Å². The van der Waals surface area contributed by atoms with Gasteiger partial charge in [0.2, 0.25) is 16.0 Å². The van der Waals surface area contributed by atoms with Crippen LogP contribution in [0.15, 0.2) is 53.0 Å². The van der Waals surface area contributed by atoms with Crippen molar-refractivity contribution in [2.24, 2.45) is 12.2 Å². The number of aryl methyl sites for hydroxylation is 2. The van der Waals surface area contributed by atoms with Crippen LogP contribution in [0.2, 0.25) is 0 Å². The zero-order valence-electron chi connectivity index (χ0n) is 16.5. The van der Waals surface area contributed by atoms with E-state index in [4.69, 9.17) is 5.14 Å². The van der Waals surface area contributed by atoms with Gasteiger partial charge in [-0.1, -0.05) is 0 Å². The van der Waals surface area contributed by atoms with E-state index in [0.29, 0.717) is 22.9 Å². The number of sulfonamides is 1. The van der Waals surface area contributed by atoms with E-state index in [1.807, 2.05) is 20.2 Å². The smallest absolute Gasteiger partial charge is 0.255 e. The molecular formula is C18H20N8O3S. The van der Waals surface area contributed by atoms with Gasteiger partial charge in [-0.2, -0.15) is 15.2 Å². The number of aromatic nitrogens is 5. The van der Waals surface area contributed by atoms with Crippen LogP contribution in [-0.4, -0.2) is 38.9 Å². The number of anilines is 2. The molecule has 3 heterocycles. The summed E-state index contributed by atoms with van der Waals surface area (Å²) in [5, 5.41) is 19.7. The maximum atomic E-state index is 13.3. The van der Waals surface area contributed by atoms with Crippen LogP contribution in [0.4, 0.5) is 11.6 Å². The largest absolute Gasteiger partial charge is 0.328 e. The minimum atomic E-state index is -3.81. The number of carbonyl (C=O) groups is 1. The Morgan fingerprint density at radius 3 is 2.53 bits per heavy atom. The lowest BCUT2D eigenvalue weighted by atomic mass is 9.95. The Balaban J connectivity index is 1.72. The lowest BCUT2D eigenvalue weighted by Crippen LogP contribution is -2.31. The van der Waals surface area contributed by atoms with Crippen molar-refractivity contribution in [3.63, 3.8) is 0 Å². The number of fused-ring (bicyclic) bond motifs is 1. The summed E-state index contributed by atoms with van der Waals surface area (Å²) in [5.74, 6) is 0.160. The first kappa shape index (κ1) is 19.8. The van der Waals surface area contributed by atoms with Crippen LogP contribution in [0.1, 0.15) is 24.2 Å². The fraction of sp³-hybridized carbons (Fsp3) is 0.222. The van der Waals surface area contributed by atoms with Crippen LogP contribution in [0.5, 0.6) is 0 Å².